The molecule has 0 spiro atoms. The van der Waals surface area contributed by atoms with Gasteiger partial charge in [0.2, 0.25) is 5.91 Å². The second-order valence-corrected chi connectivity index (χ2v) is 7.99. The van der Waals surface area contributed by atoms with Crippen LogP contribution in [-0.2, 0) is 11.2 Å². The van der Waals surface area contributed by atoms with Gasteiger partial charge in [0, 0.05) is 19.6 Å². The van der Waals surface area contributed by atoms with Crippen LogP contribution in [0.15, 0.2) is 41.8 Å². The summed E-state index contributed by atoms with van der Waals surface area (Å²) in [6, 6.07) is 10.3. The molecule has 1 aromatic heterocycles. The van der Waals surface area contributed by atoms with Gasteiger partial charge in [0.1, 0.15) is 5.82 Å². The Balaban J connectivity index is 1.63. The highest BCUT2D eigenvalue weighted by atomic mass is 32.1. The van der Waals surface area contributed by atoms with E-state index in [1.807, 2.05) is 16.3 Å². The van der Waals surface area contributed by atoms with Gasteiger partial charge in [-0.25, -0.2) is 4.39 Å². The maximum Gasteiger partial charge on any atom is 0.264 e. The zero-order chi connectivity index (χ0) is 19.2. The van der Waals surface area contributed by atoms with Crippen LogP contribution in [-0.4, -0.2) is 47.8 Å². The molecule has 1 saturated carbocycles. The van der Waals surface area contributed by atoms with Gasteiger partial charge < -0.3 is 9.80 Å². The molecule has 3 rings (SSSR count). The Kier molecular flexibility index (Phi) is 6.61. The van der Waals surface area contributed by atoms with E-state index in [0.717, 1.165) is 31.2 Å². The Morgan fingerprint density at radius 2 is 1.85 bits per heavy atom. The van der Waals surface area contributed by atoms with Gasteiger partial charge in [-0.1, -0.05) is 31.0 Å². The lowest BCUT2D eigenvalue weighted by molar-refractivity contribution is -0.133. The van der Waals surface area contributed by atoms with Crippen molar-refractivity contribution in [3.8, 4) is 0 Å². The first kappa shape index (κ1) is 19.5. The number of benzene rings is 1. The summed E-state index contributed by atoms with van der Waals surface area (Å²) in [5, 5.41) is 1.86. The lowest BCUT2D eigenvalue weighted by Crippen LogP contribution is -2.46. The fourth-order valence-electron chi connectivity index (χ4n) is 3.58. The molecule has 1 aliphatic carbocycles. The van der Waals surface area contributed by atoms with Crippen LogP contribution in [0.4, 0.5) is 4.39 Å². The molecule has 144 valence electrons. The summed E-state index contributed by atoms with van der Waals surface area (Å²) in [7, 11) is 1.67. The SMILES string of the molecule is CN(CC(=O)N(CCc1ccc(F)cc1)C1CCCC1)C(=O)c1cccs1. The van der Waals surface area contributed by atoms with Crippen LogP contribution in [0.1, 0.15) is 40.9 Å². The van der Waals surface area contributed by atoms with E-state index in [4.69, 9.17) is 0 Å². The number of hydrogen-bond donors (Lipinski definition) is 0. The molecule has 0 unspecified atom stereocenters. The number of carbonyl (C=O) groups excluding carboxylic acids is 2. The van der Waals surface area contributed by atoms with Crippen LogP contribution >= 0.6 is 11.3 Å². The van der Waals surface area contributed by atoms with E-state index in [1.165, 1.54) is 28.4 Å². The molecule has 1 heterocycles. The minimum absolute atomic E-state index is 0.0172. The highest BCUT2D eigenvalue weighted by molar-refractivity contribution is 7.12. The van der Waals surface area contributed by atoms with Crippen molar-refractivity contribution in [3.63, 3.8) is 0 Å². The minimum Gasteiger partial charge on any atom is -0.338 e. The zero-order valence-electron chi connectivity index (χ0n) is 15.6. The van der Waals surface area contributed by atoms with Crippen molar-refractivity contribution in [3.05, 3.63) is 58.0 Å². The summed E-state index contributed by atoms with van der Waals surface area (Å²) in [6.07, 6.45) is 4.98. The van der Waals surface area contributed by atoms with Crippen LogP contribution in [0.3, 0.4) is 0 Å². The quantitative estimate of drug-likeness (QED) is 0.720. The van der Waals surface area contributed by atoms with Crippen LogP contribution in [0.5, 0.6) is 0 Å². The second-order valence-electron chi connectivity index (χ2n) is 7.04. The molecule has 0 saturated heterocycles. The van der Waals surface area contributed by atoms with Gasteiger partial charge in [-0.05, 0) is 48.4 Å². The van der Waals surface area contributed by atoms with Gasteiger partial charge >= 0.3 is 0 Å². The van der Waals surface area contributed by atoms with E-state index in [2.05, 4.69) is 0 Å². The van der Waals surface area contributed by atoms with Crippen molar-refractivity contribution in [2.24, 2.45) is 0 Å². The van der Waals surface area contributed by atoms with Crippen LogP contribution < -0.4 is 0 Å². The molecule has 2 aromatic rings. The maximum absolute atomic E-state index is 13.1. The molecule has 0 N–H and O–H groups in total. The predicted octanol–water partition coefficient (Wildman–Crippen LogP) is 3.97. The predicted molar refractivity (Wildman–Crippen MR) is 105 cm³/mol. The number of rotatable bonds is 7. The van der Waals surface area contributed by atoms with E-state index in [1.54, 1.807) is 25.2 Å². The summed E-state index contributed by atoms with van der Waals surface area (Å²) in [5.74, 6) is -0.393. The van der Waals surface area contributed by atoms with E-state index >= 15 is 0 Å². The molecule has 27 heavy (non-hydrogen) atoms. The molecular weight excluding hydrogens is 363 g/mol. The van der Waals surface area contributed by atoms with Crippen molar-refractivity contribution >= 4 is 23.2 Å². The average molecular weight is 389 g/mol. The number of carbonyl (C=O) groups is 2. The molecule has 0 bridgehead atoms. The Morgan fingerprint density at radius 1 is 1.15 bits per heavy atom. The Bertz CT molecular complexity index is 755. The number of hydrogen-bond acceptors (Lipinski definition) is 3. The summed E-state index contributed by atoms with van der Waals surface area (Å²) >= 11 is 1.38. The number of amides is 2. The topological polar surface area (TPSA) is 40.6 Å². The van der Waals surface area contributed by atoms with E-state index < -0.39 is 0 Å². The first-order chi connectivity index (χ1) is 13.0. The van der Waals surface area contributed by atoms with Gasteiger partial charge in [-0.2, -0.15) is 0 Å². The normalized spacial score (nSPS) is 14.3. The summed E-state index contributed by atoms with van der Waals surface area (Å²) in [6.45, 7) is 0.673. The molecule has 0 aliphatic heterocycles. The molecule has 1 aliphatic rings. The number of nitrogens with zero attached hydrogens (tertiary/aromatic N) is 2. The highest BCUT2D eigenvalue weighted by Crippen LogP contribution is 2.24. The van der Waals surface area contributed by atoms with Gasteiger partial charge in [0.15, 0.2) is 0 Å². The monoisotopic (exact) mass is 388 g/mol. The largest absolute Gasteiger partial charge is 0.338 e. The molecule has 2 amide bonds. The first-order valence-electron chi connectivity index (χ1n) is 9.37. The van der Waals surface area contributed by atoms with E-state index in [9.17, 15) is 14.0 Å². The molecule has 6 heteroatoms. The molecule has 1 fully saturated rings. The summed E-state index contributed by atoms with van der Waals surface area (Å²) in [5.41, 5.74) is 1.01. The Labute approximate surface area is 163 Å². The van der Waals surface area contributed by atoms with Crippen LogP contribution in [0, 0.1) is 5.82 Å². The van der Waals surface area contributed by atoms with E-state index in [0.29, 0.717) is 17.8 Å². The standard InChI is InChI=1S/C21H25FN2O2S/c1-23(21(26)19-7-4-14-27-19)15-20(25)24(18-5-2-3-6-18)13-12-16-8-10-17(22)11-9-16/h4,7-11,14,18H,2-3,5-6,12-13,15H2,1H3. The summed E-state index contributed by atoms with van der Waals surface area (Å²) in [4.78, 5) is 29.5. The molecule has 1 aromatic carbocycles. The third-order valence-corrected chi connectivity index (χ3v) is 5.95. The van der Waals surface area contributed by atoms with Gasteiger partial charge in [-0.3, -0.25) is 9.59 Å². The lowest BCUT2D eigenvalue weighted by atomic mass is 10.1. The van der Waals surface area contributed by atoms with E-state index in [-0.39, 0.29) is 30.2 Å². The number of thiophene rings is 1. The highest BCUT2D eigenvalue weighted by Gasteiger charge is 2.28. The number of likely N-dealkylation sites (N-methyl/N-ethyl adjacent to an activating group) is 1. The molecule has 0 radical (unpaired) electrons. The van der Waals surface area contributed by atoms with Gasteiger partial charge in [-0.15, -0.1) is 11.3 Å². The Hall–Kier alpha value is -2.21. The van der Waals surface area contributed by atoms with Gasteiger partial charge in [0.05, 0.1) is 11.4 Å². The van der Waals surface area contributed by atoms with Crippen LogP contribution in [0.2, 0.25) is 0 Å². The fraction of sp³-hybridized carbons (Fsp3) is 0.429. The van der Waals surface area contributed by atoms with Crippen LogP contribution in [0.25, 0.3) is 0 Å². The third-order valence-electron chi connectivity index (χ3n) is 5.09. The second kappa shape index (κ2) is 9.13. The average Bonchev–Trinajstić information content (AvgIpc) is 3.37. The minimum atomic E-state index is -0.254. The van der Waals surface area contributed by atoms with Gasteiger partial charge in [0.25, 0.3) is 5.91 Å². The van der Waals surface area contributed by atoms with Crippen molar-refractivity contribution in [1.82, 2.24) is 9.80 Å². The van der Waals surface area contributed by atoms with Crippen molar-refractivity contribution in [2.75, 3.05) is 20.1 Å². The Morgan fingerprint density at radius 3 is 2.48 bits per heavy atom. The molecule has 0 atom stereocenters. The van der Waals surface area contributed by atoms with Crippen molar-refractivity contribution in [1.29, 1.82) is 0 Å². The summed E-state index contributed by atoms with van der Waals surface area (Å²) < 4.78 is 13.1. The molecular formula is C21H25FN2O2S. The maximum atomic E-state index is 13.1. The van der Waals surface area contributed by atoms with Crippen molar-refractivity contribution in [2.45, 2.75) is 38.1 Å². The zero-order valence-corrected chi connectivity index (χ0v) is 16.4. The fourth-order valence-corrected chi connectivity index (χ4v) is 4.30. The lowest BCUT2D eigenvalue weighted by Gasteiger charge is -2.31. The third kappa shape index (κ3) is 5.16. The first-order valence-corrected chi connectivity index (χ1v) is 10.3. The number of halogens is 1. The van der Waals surface area contributed by atoms with Crippen molar-refractivity contribution < 1.29 is 14.0 Å². The smallest absolute Gasteiger partial charge is 0.264 e. The molecule has 4 nitrogen and oxygen atoms in total.